The van der Waals surface area contributed by atoms with Gasteiger partial charge in [-0.15, -0.1) is 0 Å². The highest BCUT2D eigenvalue weighted by molar-refractivity contribution is 5.89. The zero-order chi connectivity index (χ0) is 15.4. The number of carbonyl (C=O) groups is 1. The first kappa shape index (κ1) is 14.8. The van der Waals surface area contributed by atoms with Crippen LogP contribution in [0.25, 0.3) is 0 Å². The van der Waals surface area contributed by atoms with Gasteiger partial charge in [0.15, 0.2) is 17.5 Å². The summed E-state index contributed by atoms with van der Waals surface area (Å²) in [6.07, 6.45) is 0. The van der Waals surface area contributed by atoms with Gasteiger partial charge in [0.05, 0.1) is 17.9 Å². The third-order valence-electron chi connectivity index (χ3n) is 2.66. The van der Waals surface area contributed by atoms with Crippen LogP contribution in [0.2, 0.25) is 0 Å². The Morgan fingerprint density at radius 2 is 1.90 bits per heavy atom. The molecule has 0 unspecified atom stereocenters. The fourth-order valence-corrected chi connectivity index (χ4v) is 1.66. The van der Waals surface area contributed by atoms with Gasteiger partial charge >= 0.3 is 6.03 Å². The predicted molar refractivity (Wildman–Crippen MR) is 71.1 cm³/mol. The fraction of sp³-hybridized carbons (Fsp3) is 0.143. The van der Waals surface area contributed by atoms with E-state index in [2.05, 4.69) is 15.6 Å². The molecule has 2 amide bonds. The normalized spacial score (nSPS) is 10.3. The van der Waals surface area contributed by atoms with Crippen LogP contribution in [0.3, 0.4) is 0 Å². The van der Waals surface area contributed by atoms with E-state index in [1.807, 2.05) is 0 Å². The number of nitrogens with zero attached hydrogens (tertiary/aromatic N) is 1. The summed E-state index contributed by atoms with van der Waals surface area (Å²) in [5.41, 5.74) is 0.973. The first-order chi connectivity index (χ1) is 9.97. The Balaban J connectivity index is 1.98. The predicted octanol–water partition coefficient (Wildman–Crippen LogP) is 3.13. The molecule has 0 bridgehead atoms. The molecule has 0 saturated carbocycles. The van der Waals surface area contributed by atoms with Crippen molar-refractivity contribution in [2.75, 3.05) is 5.32 Å². The lowest BCUT2D eigenvalue weighted by molar-refractivity contribution is 0.251. The first-order valence-electron chi connectivity index (χ1n) is 6.08. The number of halogens is 3. The summed E-state index contributed by atoms with van der Waals surface area (Å²) in [4.78, 5) is 15.8. The van der Waals surface area contributed by atoms with Gasteiger partial charge in [-0.3, -0.25) is 4.98 Å². The van der Waals surface area contributed by atoms with Gasteiger partial charge in [-0.05, 0) is 31.2 Å². The highest BCUT2D eigenvalue weighted by Gasteiger charge is 2.15. The molecule has 1 heterocycles. The Hall–Kier alpha value is -2.57. The lowest BCUT2D eigenvalue weighted by atomic mass is 10.3. The van der Waals surface area contributed by atoms with Crippen LogP contribution >= 0.6 is 0 Å². The highest BCUT2D eigenvalue weighted by atomic mass is 19.2. The van der Waals surface area contributed by atoms with E-state index in [1.54, 1.807) is 25.1 Å². The SMILES string of the molecule is Cc1cccc(CNC(=O)Nc2ccc(F)c(F)c2F)n1. The first-order valence-corrected chi connectivity index (χ1v) is 6.08. The number of aromatic nitrogens is 1. The Morgan fingerprint density at radius 3 is 2.62 bits per heavy atom. The summed E-state index contributed by atoms with van der Waals surface area (Å²) in [6.45, 7) is 1.93. The molecule has 4 nitrogen and oxygen atoms in total. The molecule has 0 atom stereocenters. The molecule has 0 radical (unpaired) electrons. The molecule has 2 rings (SSSR count). The van der Waals surface area contributed by atoms with E-state index in [0.717, 1.165) is 17.8 Å². The van der Waals surface area contributed by atoms with Gasteiger partial charge < -0.3 is 10.6 Å². The van der Waals surface area contributed by atoms with Crippen LogP contribution in [0.4, 0.5) is 23.7 Å². The Morgan fingerprint density at radius 1 is 1.14 bits per heavy atom. The van der Waals surface area contributed by atoms with Crippen molar-refractivity contribution in [1.29, 1.82) is 0 Å². The van der Waals surface area contributed by atoms with Crippen LogP contribution < -0.4 is 10.6 Å². The van der Waals surface area contributed by atoms with Gasteiger partial charge in [0, 0.05) is 5.69 Å². The number of pyridine rings is 1. The van der Waals surface area contributed by atoms with E-state index in [-0.39, 0.29) is 6.54 Å². The number of aryl methyl sites for hydroxylation is 1. The number of hydrogen-bond acceptors (Lipinski definition) is 2. The van der Waals surface area contributed by atoms with Gasteiger partial charge in [-0.25, -0.2) is 18.0 Å². The van der Waals surface area contributed by atoms with E-state index >= 15 is 0 Å². The van der Waals surface area contributed by atoms with E-state index in [4.69, 9.17) is 0 Å². The van der Waals surface area contributed by atoms with Crippen molar-refractivity contribution in [3.05, 3.63) is 59.2 Å². The second-order valence-corrected chi connectivity index (χ2v) is 4.30. The smallest absolute Gasteiger partial charge is 0.319 e. The molecule has 21 heavy (non-hydrogen) atoms. The Bertz CT molecular complexity index is 677. The molecule has 2 aromatic rings. The van der Waals surface area contributed by atoms with E-state index in [0.29, 0.717) is 5.69 Å². The van der Waals surface area contributed by atoms with E-state index < -0.39 is 29.2 Å². The Labute approximate surface area is 119 Å². The minimum atomic E-state index is -1.63. The number of carbonyl (C=O) groups excluding carboxylic acids is 1. The molecule has 0 spiro atoms. The number of amides is 2. The van der Waals surface area contributed by atoms with Crippen LogP contribution in [0.5, 0.6) is 0 Å². The zero-order valence-electron chi connectivity index (χ0n) is 11.1. The second-order valence-electron chi connectivity index (χ2n) is 4.30. The Kier molecular flexibility index (Phi) is 4.42. The maximum absolute atomic E-state index is 13.4. The zero-order valence-corrected chi connectivity index (χ0v) is 11.1. The van der Waals surface area contributed by atoms with Gasteiger partial charge in [0.2, 0.25) is 0 Å². The van der Waals surface area contributed by atoms with E-state index in [1.165, 1.54) is 0 Å². The molecule has 1 aromatic carbocycles. The number of benzene rings is 1. The molecule has 0 saturated heterocycles. The minimum Gasteiger partial charge on any atom is -0.332 e. The largest absolute Gasteiger partial charge is 0.332 e. The number of anilines is 1. The monoisotopic (exact) mass is 295 g/mol. The molecule has 0 fully saturated rings. The standard InChI is InChI=1S/C14H12F3N3O/c1-8-3-2-4-9(19-8)7-18-14(21)20-11-6-5-10(15)12(16)13(11)17/h2-6H,7H2,1H3,(H2,18,20,21). The summed E-state index contributed by atoms with van der Waals surface area (Å²) >= 11 is 0. The van der Waals surface area contributed by atoms with Crippen LogP contribution in [0, 0.1) is 24.4 Å². The van der Waals surface area contributed by atoms with Crippen molar-refractivity contribution in [2.45, 2.75) is 13.5 Å². The summed E-state index contributed by atoms with van der Waals surface area (Å²) in [5.74, 6) is -4.39. The molecule has 7 heteroatoms. The lowest BCUT2D eigenvalue weighted by Crippen LogP contribution is -2.29. The molecule has 0 aliphatic heterocycles. The molecular weight excluding hydrogens is 283 g/mol. The average Bonchev–Trinajstić information content (AvgIpc) is 2.46. The highest BCUT2D eigenvalue weighted by Crippen LogP contribution is 2.19. The number of urea groups is 1. The molecule has 0 aliphatic carbocycles. The summed E-state index contributed by atoms with van der Waals surface area (Å²) in [5, 5.41) is 4.54. The van der Waals surface area contributed by atoms with Gasteiger partial charge in [0.1, 0.15) is 0 Å². The second kappa shape index (κ2) is 6.25. The number of hydrogen-bond donors (Lipinski definition) is 2. The van der Waals surface area contributed by atoms with Crippen molar-refractivity contribution < 1.29 is 18.0 Å². The van der Waals surface area contributed by atoms with Gasteiger partial charge in [0.25, 0.3) is 0 Å². The number of rotatable bonds is 3. The third kappa shape index (κ3) is 3.71. The summed E-state index contributed by atoms with van der Waals surface area (Å²) < 4.78 is 39.1. The van der Waals surface area contributed by atoms with Crippen LogP contribution in [-0.4, -0.2) is 11.0 Å². The van der Waals surface area contributed by atoms with Crippen LogP contribution in [0.15, 0.2) is 30.3 Å². The van der Waals surface area contributed by atoms with Crippen molar-refractivity contribution in [3.8, 4) is 0 Å². The van der Waals surface area contributed by atoms with Gasteiger partial charge in [-0.2, -0.15) is 0 Å². The van der Waals surface area contributed by atoms with E-state index in [9.17, 15) is 18.0 Å². The maximum atomic E-state index is 13.4. The minimum absolute atomic E-state index is 0.124. The average molecular weight is 295 g/mol. The number of nitrogens with one attached hydrogen (secondary N) is 2. The molecule has 110 valence electrons. The topological polar surface area (TPSA) is 54.0 Å². The van der Waals surface area contributed by atoms with Crippen LogP contribution in [0.1, 0.15) is 11.4 Å². The van der Waals surface area contributed by atoms with Crippen molar-refractivity contribution in [2.24, 2.45) is 0 Å². The summed E-state index contributed by atoms with van der Waals surface area (Å²) in [7, 11) is 0. The van der Waals surface area contributed by atoms with Crippen molar-refractivity contribution in [1.82, 2.24) is 10.3 Å². The maximum Gasteiger partial charge on any atom is 0.319 e. The van der Waals surface area contributed by atoms with Crippen molar-refractivity contribution in [3.63, 3.8) is 0 Å². The fourth-order valence-electron chi connectivity index (χ4n) is 1.66. The third-order valence-corrected chi connectivity index (χ3v) is 2.66. The van der Waals surface area contributed by atoms with Crippen molar-refractivity contribution >= 4 is 11.7 Å². The lowest BCUT2D eigenvalue weighted by Gasteiger charge is -2.09. The molecule has 2 N–H and O–H groups in total. The molecular formula is C14H12F3N3O. The molecule has 1 aromatic heterocycles. The van der Waals surface area contributed by atoms with Gasteiger partial charge in [-0.1, -0.05) is 6.07 Å². The molecule has 0 aliphatic rings. The summed E-state index contributed by atoms with van der Waals surface area (Å²) in [6, 6.07) is 6.23. The van der Waals surface area contributed by atoms with Crippen LogP contribution in [-0.2, 0) is 6.54 Å². The quantitative estimate of drug-likeness (QED) is 0.855.